The van der Waals surface area contributed by atoms with Crippen molar-refractivity contribution in [1.29, 1.82) is 0 Å². The largest absolute Gasteiger partial charge is 0.481 e. The first-order chi connectivity index (χ1) is 8.93. The molecule has 19 heavy (non-hydrogen) atoms. The molecule has 1 atom stereocenters. The summed E-state index contributed by atoms with van der Waals surface area (Å²) in [6.45, 7) is 4.31. The minimum absolute atomic E-state index is 0.0727. The van der Waals surface area contributed by atoms with E-state index in [1.807, 2.05) is 0 Å². The summed E-state index contributed by atoms with van der Waals surface area (Å²) >= 11 is 0. The number of carbonyl (C=O) groups excluding carboxylic acids is 1. The van der Waals surface area contributed by atoms with Crippen LogP contribution in [0.1, 0.15) is 58.8 Å². The number of urea groups is 1. The van der Waals surface area contributed by atoms with E-state index in [2.05, 4.69) is 17.6 Å². The lowest BCUT2D eigenvalue weighted by molar-refractivity contribution is -0.141. The molecule has 0 aromatic heterocycles. The number of carbonyl (C=O) groups is 2. The summed E-state index contributed by atoms with van der Waals surface area (Å²) in [6, 6.07) is -0.132. The van der Waals surface area contributed by atoms with Crippen LogP contribution in [0.3, 0.4) is 0 Å². The predicted octanol–water partition coefficient (Wildman–Crippen LogP) is 2.51. The van der Waals surface area contributed by atoms with Gasteiger partial charge in [0, 0.05) is 12.1 Å². The first-order valence-electron chi connectivity index (χ1n) is 7.22. The second-order valence-corrected chi connectivity index (χ2v) is 5.88. The molecule has 1 rings (SSSR count). The molecule has 0 bridgehead atoms. The van der Waals surface area contributed by atoms with Crippen molar-refractivity contribution in [2.75, 3.05) is 6.54 Å². The number of carboxylic acid groups (broad SMARTS) is 1. The highest BCUT2D eigenvalue weighted by Crippen LogP contribution is 2.27. The van der Waals surface area contributed by atoms with Gasteiger partial charge < -0.3 is 15.7 Å². The van der Waals surface area contributed by atoms with Gasteiger partial charge >= 0.3 is 12.0 Å². The molecule has 0 heterocycles. The third kappa shape index (κ3) is 5.94. The highest BCUT2D eigenvalue weighted by Gasteiger charge is 2.28. The number of rotatable bonds is 6. The van der Waals surface area contributed by atoms with Gasteiger partial charge in [0.25, 0.3) is 0 Å². The Morgan fingerprint density at radius 1 is 1.26 bits per heavy atom. The van der Waals surface area contributed by atoms with Gasteiger partial charge in [0.05, 0.1) is 5.92 Å². The molecule has 1 aliphatic carbocycles. The molecule has 5 heteroatoms. The molecular weight excluding hydrogens is 244 g/mol. The van der Waals surface area contributed by atoms with E-state index in [4.69, 9.17) is 5.11 Å². The summed E-state index contributed by atoms with van der Waals surface area (Å²) in [5, 5.41) is 14.6. The van der Waals surface area contributed by atoms with E-state index >= 15 is 0 Å². The fourth-order valence-electron chi connectivity index (χ4n) is 2.51. The highest BCUT2D eigenvalue weighted by molar-refractivity contribution is 5.74. The second-order valence-electron chi connectivity index (χ2n) is 5.88. The Morgan fingerprint density at radius 3 is 2.47 bits per heavy atom. The van der Waals surface area contributed by atoms with E-state index in [-0.39, 0.29) is 17.5 Å². The molecule has 0 radical (unpaired) electrons. The van der Waals surface area contributed by atoms with Gasteiger partial charge in [-0.15, -0.1) is 0 Å². The number of carboxylic acids is 1. The van der Waals surface area contributed by atoms with E-state index < -0.39 is 5.97 Å². The van der Waals surface area contributed by atoms with E-state index in [0.29, 0.717) is 19.4 Å². The molecule has 110 valence electrons. The van der Waals surface area contributed by atoms with E-state index in [1.54, 1.807) is 6.92 Å². The zero-order valence-electron chi connectivity index (χ0n) is 12.0. The molecule has 3 N–H and O–H groups in total. The molecule has 1 unspecified atom stereocenters. The third-order valence-electron chi connectivity index (χ3n) is 3.89. The lowest BCUT2D eigenvalue weighted by Crippen LogP contribution is -2.51. The van der Waals surface area contributed by atoms with Gasteiger partial charge in [-0.1, -0.05) is 26.2 Å². The van der Waals surface area contributed by atoms with Crippen LogP contribution in [0.4, 0.5) is 4.79 Å². The Kier molecular flexibility index (Phi) is 6.12. The zero-order valence-corrected chi connectivity index (χ0v) is 12.0. The third-order valence-corrected chi connectivity index (χ3v) is 3.89. The van der Waals surface area contributed by atoms with Crippen LogP contribution in [0.2, 0.25) is 0 Å². The van der Waals surface area contributed by atoms with E-state index in [1.165, 1.54) is 19.3 Å². The van der Waals surface area contributed by atoms with Gasteiger partial charge in [-0.25, -0.2) is 4.79 Å². The molecule has 0 aromatic carbocycles. The Morgan fingerprint density at radius 2 is 1.89 bits per heavy atom. The van der Waals surface area contributed by atoms with Crippen molar-refractivity contribution in [3.63, 3.8) is 0 Å². The van der Waals surface area contributed by atoms with Gasteiger partial charge in [0.15, 0.2) is 0 Å². The SMILES string of the molecule is CC(CCCNC(=O)NC1(C)CCCCC1)C(=O)O. The topological polar surface area (TPSA) is 78.4 Å². The standard InChI is InChI=1S/C14H26N2O3/c1-11(12(17)18)7-6-10-15-13(19)16-14(2)8-4-3-5-9-14/h11H,3-10H2,1-2H3,(H,17,18)(H2,15,16,19). The van der Waals surface area contributed by atoms with Crippen molar-refractivity contribution >= 4 is 12.0 Å². The van der Waals surface area contributed by atoms with E-state index in [9.17, 15) is 9.59 Å². The molecule has 0 aliphatic heterocycles. The number of aliphatic carboxylic acids is 1. The van der Waals surface area contributed by atoms with E-state index in [0.717, 1.165) is 12.8 Å². The molecule has 2 amide bonds. The van der Waals surface area contributed by atoms with Crippen LogP contribution in [0.25, 0.3) is 0 Å². The quantitative estimate of drug-likeness (QED) is 0.649. The van der Waals surface area contributed by atoms with Gasteiger partial charge in [0.1, 0.15) is 0 Å². The average molecular weight is 270 g/mol. The van der Waals surface area contributed by atoms with Crippen LogP contribution < -0.4 is 10.6 Å². The number of hydrogen-bond acceptors (Lipinski definition) is 2. The molecule has 5 nitrogen and oxygen atoms in total. The molecular formula is C14H26N2O3. The number of amides is 2. The highest BCUT2D eigenvalue weighted by atomic mass is 16.4. The molecule has 1 saturated carbocycles. The smallest absolute Gasteiger partial charge is 0.315 e. The summed E-state index contributed by atoms with van der Waals surface area (Å²) in [5.41, 5.74) is -0.0727. The van der Waals surface area contributed by atoms with Gasteiger partial charge in [-0.3, -0.25) is 4.79 Å². The van der Waals surface area contributed by atoms with Crippen molar-refractivity contribution in [2.24, 2.45) is 5.92 Å². The van der Waals surface area contributed by atoms with Gasteiger partial charge in [0.2, 0.25) is 0 Å². The van der Waals surface area contributed by atoms with Crippen LogP contribution >= 0.6 is 0 Å². The predicted molar refractivity (Wildman–Crippen MR) is 74.1 cm³/mol. The summed E-state index contributed by atoms with van der Waals surface area (Å²) in [6.07, 6.45) is 6.96. The Bertz CT molecular complexity index is 312. The fourth-order valence-corrected chi connectivity index (χ4v) is 2.51. The number of hydrogen-bond donors (Lipinski definition) is 3. The summed E-state index contributed by atoms with van der Waals surface area (Å²) < 4.78 is 0. The second kappa shape index (κ2) is 7.36. The normalized spacial score (nSPS) is 19.5. The lowest BCUT2D eigenvalue weighted by Gasteiger charge is -2.34. The van der Waals surface area contributed by atoms with Crippen molar-refractivity contribution in [1.82, 2.24) is 10.6 Å². The summed E-state index contributed by atoms with van der Waals surface area (Å²) in [7, 11) is 0. The molecule has 0 aromatic rings. The Labute approximate surface area is 115 Å². The molecule has 0 saturated heterocycles. The Hall–Kier alpha value is -1.26. The van der Waals surface area contributed by atoms with Gasteiger partial charge in [-0.2, -0.15) is 0 Å². The maximum atomic E-state index is 11.8. The van der Waals surface area contributed by atoms with Crippen molar-refractivity contribution in [2.45, 2.75) is 64.3 Å². The molecule has 1 fully saturated rings. The maximum Gasteiger partial charge on any atom is 0.315 e. The molecule has 1 aliphatic rings. The van der Waals surface area contributed by atoms with Crippen LogP contribution in [0.5, 0.6) is 0 Å². The fraction of sp³-hybridized carbons (Fsp3) is 0.857. The van der Waals surface area contributed by atoms with Crippen LogP contribution in [-0.2, 0) is 4.79 Å². The lowest BCUT2D eigenvalue weighted by atomic mass is 9.83. The number of nitrogens with one attached hydrogen (secondary N) is 2. The first-order valence-corrected chi connectivity index (χ1v) is 7.22. The van der Waals surface area contributed by atoms with Crippen LogP contribution in [-0.4, -0.2) is 29.2 Å². The van der Waals surface area contributed by atoms with Crippen molar-refractivity contribution in [3.05, 3.63) is 0 Å². The first kappa shape index (κ1) is 15.8. The average Bonchev–Trinajstić information content (AvgIpc) is 2.34. The van der Waals surface area contributed by atoms with Gasteiger partial charge in [-0.05, 0) is 32.6 Å². The molecule has 0 spiro atoms. The zero-order chi connectivity index (χ0) is 14.3. The summed E-state index contributed by atoms with van der Waals surface area (Å²) in [5.74, 6) is -1.13. The monoisotopic (exact) mass is 270 g/mol. The van der Waals surface area contributed by atoms with Crippen LogP contribution in [0.15, 0.2) is 0 Å². The summed E-state index contributed by atoms with van der Waals surface area (Å²) in [4.78, 5) is 22.4. The van der Waals surface area contributed by atoms with Crippen molar-refractivity contribution in [3.8, 4) is 0 Å². The van der Waals surface area contributed by atoms with Crippen molar-refractivity contribution < 1.29 is 14.7 Å². The maximum absolute atomic E-state index is 11.8. The Balaban J connectivity index is 2.15. The minimum atomic E-state index is -0.779. The van der Waals surface area contributed by atoms with Crippen LogP contribution in [0, 0.1) is 5.92 Å². The minimum Gasteiger partial charge on any atom is -0.481 e.